The number of nitrogens with zero attached hydrogens (tertiary/aromatic N) is 1. The van der Waals surface area contributed by atoms with E-state index < -0.39 is 0 Å². The predicted molar refractivity (Wildman–Crippen MR) is 116 cm³/mol. The third-order valence-electron chi connectivity index (χ3n) is 6.13. The minimum atomic E-state index is 0.288. The van der Waals surface area contributed by atoms with Crippen molar-refractivity contribution in [1.29, 1.82) is 0 Å². The fraction of sp³-hybridized carbons (Fsp3) is 0.400. The van der Waals surface area contributed by atoms with Crippen molar-refractivity contribution >= 4 is 0 Å². The first kappa shape index (κ1) is 19.9. The Morgan fingerprint density at radius 1 is 1.00 bits per heavy atom. The van der Waals surface area contributed by atoms with Gasteiger partial charge in [-0.2, -0.15) is 0 Å². The lowest BCUT2D eigenvalue weighted by Crippen LogP contribution is -2.32. The highest BCUT2D eigenvalue weighted by Crippen LogP contribution is 2.33. The van der Waals surface area contributed by atoms with E-state index in [1.54, 1.807) is 0 Å². The summed E-state index contributed by atoms with van der Waals surface area (Å²) in [7, 11) is 0. The van der Waals surface area contributed by atoms with E-state index in [9.17, 15) is 0 Å². The molecule has 2 heterocycles. The van der Waals surface area contributed by atoms with Crippen LogP contribution in [0.2, 0.25) is 0 Å². The number of benzene rings is 2. The van der Waals surface area contributed by atoms with Crippen molar-refractivity contribution in [2.24, 2.45) is 5.92 Å². The largest absolute Gasteiger partial charge is 0.489 e. The standard InChI is InChI=1S/C25H28N2O4/c1-17-11-22(31-27-17)13-20-3-2-4-23(20)26-14-18-5-8-21(9-6-18)28-15-19-7-10-24-25(12-19)30-16-29-24/h5-12,20,23,26H,2-4,13-16H2,1H3/t20-,23+/m0/s1. The van der Waals surface area contributed by atoms with Crippen molar-refractivity contribution < 1.29 is 18.7 Å². The molecule has 0 spiro atoms. The summed E-state index contributed by atoms with van der Waals surface area (Å²) in [4.78, 5) is 0. The minimum absolute atomic E-state index is 0.288. The molecule has 162 valence electrons. The molecule has 1 N–H and O–H groups in total. The van der Waals surface area contributed by atoms with Crippen molar-refractivity contribution in [2.45, 2.75) is 51.8 Å². The Morgan fingerprint density at radius 3 is 2.68 bits per heavy atom. The fourth-order valence-electron chi connectivity index (χ4n) is 4.47. The highest BCUT2D eigenvalue weighted by Gasteiger charge is 2.28. The number of fused-ring (bicyclic) bond motifs is 1. The topological polar surface area (TPSA) is 65.8 Å². The molecule has 0 radical (unpaired) electrons. The van der Waals surface area contributed by atoms with E-state index in [4.69, 9.17) is 18.7 Å². The molecule has 1 aliphatic carbocycles. The average Bonchev–Trinajstić information content (AvgIpc) is 3.53. The van der Waals surface area contributed by atoms with Gasteiger partial charge in [0.2, 0.25) is 6.79 Å². The quantitative estimate of drug-likeness (QED) is 0.565. The van der Waals surface area contributed by atoms with Crippen molar-refractivity contribution in [2.75, 3.05) is 6.79 Å². The van der Waals surface area contributed by atoms with Crippen LogP contribution in [0.4, 0.5) is 0 Å². The second-order valence-electron chi connectivity index (χ2n) is 8.44. The van der Waals surface area contributed by atoms with Gasteiger partial charge in [0, 0.05) is 25.1 Å². The van der Waals surface area contributed by atoms with Crippen LogP contribution in [-0.4, -0.2) is 18.0 Å². The highest BCUT2D eigenvalue weighted by atomic mass is 16.7. The zero-order valence-corrected chi connectivity index (χ0v) is 17.8. The van der Waals surface area contributed by atoms with Gasteiger partial charge in [-0.15, -0.1) is 0 Å². The molecule has 1 aromatic heterocycles. The van der Waals surface area contributed by atoms with Crippen molar-refractivity contribution in [3.05, 3.63) is 71.1 Å². The molecule has 0 saturated heterocycles. The fourth-order valence-corrected chi connectivity index (χ4v) is 4.47. The summed E-state index contributed by atoms with van der Waals surface area (Å²) in [6.07, 6.45) is 4.69. The van der Waals surface area contributed by atoms with Gasteiger partial charge in [0.05, 0.1) is 5.69 Å². The zero-order valence-electron chi connectivity index (χ0n) is 17.8. The Hall–Kier alpha value is -2.99. The number of aryl methyl sites for hydroxylation is 1. The summed E-state index contributed by atoms with van der Waals surface area (Å²) >= 11 is 0. The SMILES string of the molecule is Cc1cc(C[C@@H]2CCC[C@H]2NCc2ccc(OCc3ccc4c(c3)OCO4)cc2)on1. The number of rotatable bonds is 8. The van der Waals surface area contributed by atoms with Crippen LogP contribution in [0, 0.1) is 12.8 Å². The maximum absolute atomic E-state index is 5.94. The molecule has 31 heavy (non-hydrogen) atoms. The van der Waals surface area contributed by atoms with Crippen LogP contribution in [0.5, 0.6) is 17.2 Å². The molecule has 1 fully saturated rings. The first-order chi connectivity index (χ1) is 15.2. The van der Waals surface area contributed by atoms with Gasteiger partial charge in [-0.05, 0) is 61.1 Å². The van der Waals surface area contributed by atoms with Crippen molar-refractivity contribution in [3.8, 4) is 17.2 Å². The lowest BCUT2D eigenvalue weighted by atomic mass is 9.97. The molecule has 2 atom stereocenters. The summed E-state index contributed by atoms with van der Waals surface area (Å²) < 4.78 is 22.1. The molecular formula is C25H28N2O4. The molecule has 6 nitrogen and oxygen atoms in total. The molecule has 3 aromatic rings. The first-order valence-corrected chi connectivity index (χ1v) is 11.0. The molecule has 1 aliphatic heterocycles. The smallest absolute Gasteiger partial charge is 0.231 e. The predicted octanol–water partition coefficient (Wildman–Crippen LogP) is 4.79. The molecule has 0 amide bonds. The molecule has 2 aromatic carbocycles. The van der Waals surface area contributed by atoms with Crippen molar-refractivity contribution in [1.82, 2.24) is 10.5 Å². The zero-order chi connectivity index (χ0) is 21.0. The Labute approximate surface area is 182 Å². The van der Waals surface area contributed by atoms with Gasteiger partial charge in [-0.3, -0.25) is 0 Å². The average molecular weight is 421 g/mol. The summed E-state index contributed by atoms with van der Waals surface area (Å²) in [6.45, 7) is 3.62. The van der Waals surface area contributed by atoms with Crippen LogP contribution in [0.1, 0.15) is 41.8 Å². The Morgan fingerprint density at radius 2 is 1.84 bits per heavy atom. The molecule has 1 saturated carbocycles. The molecule has 0 unspecified atom stereocenters. The highest BCUT2D eigenvalue weighted by molar-refractivity contribution is 5.44. The molecular weight excluding hydrogens is 392 g/mol. The van der Waals surface area contributed by atoms with Gasteiger partial charge >= 0.3 is 0 Å². The van der Waals surface area contributed by atoms with Crippen LogP contribution < -0.4 is 19.5 Å². The maximum atomic E-state index is 5.94. The van der Waals surface area contributed by atoms with Gasteiger partial charge in [-0.1, -0.05) is 29.8 Å². The number of nitrogens with one attached hydrogen (secondary N) is 1. The first-order valence-electron chi connectivity index (χ1n) is 11.0. The third kappa shape index (κ3) is 4.85. The minimum Gasteiger partial charge on any atom is -0.489 e. The molecule has 5 rings (SSSR count). The van der Waals surface area contributed by atoms with Gasteiger partial charge in [0.1, 0.15) is 18.1 Å². The second kappa shape index (κ2) is 9.02. The van der Waals surface area contributed by atoms with Crippen LogP contribution in [0.25, 0.3) is 0 Å². The van der Waals surface area contributed by atoms with E-state index >= 15 is 0 Å². The maximum Gasteiger partial charge on any atom is 0.231 e. The number of ether oxygens (including phenoxy) is 3. The molecule has 2 aliphatic rings. The Bertz CT molecular complexity index is 1010. The van der Waals surface area contributed by atoms with Crippen molar-refractivity contribution in [3.63, 3.8) is 0 Å². The van der Waals surface area contributed by atoms with Gasteiger partial charge < -0.3 is 24.1 Å². The Kier molecular flexibility index (Phi) is 5.80. The van der Waals surface area contributed by atoms with Crippen LogP contribution in [0.3, 0.4) is 0 Å². The summed E-state index contributed by atoms with van der Waals surface area (Å²) in [5.74, 6) is 4.05. The lowest BCUT2D eigenvalue weighted by Gasteiger charge is -2.20. The second-order valence-corrected chi connectivity index (χ2v) is 8.44. The number of hydrogen-bond donors (Lipinski definition) is 1. The monoisotopic (exact) mass is 420 g/mol. The van der Waals surface area contributed by atoms with E-state index in [-0.39, 0.29) is 6.79 Å². The normalized spacial score (nSPS) is 19.6. The lowest BCUT2D eigenvalue weighted by molar-refractivity contribution is 0.174. The molecule has 0 bridgehead atoms. The summed E-state index contributed by atoms with van der Waals surface area (Å²) in [5.41, 5.74) is 3.28. The summed E-state index contributed by atoms with van der Waals surface area (Å²) in [6, 6.07) is 16.8. The number of aromatic nitrogens is 1. The van der Waals surface area contributed by atoms with E-state index in [1.807, 2.05) is 37.3 Å². The van der Waals surface area contributed by atoms with E-state index in [2.05, 4.69) is 28.7 Å². The summed E-state index contributed by atoms with van der Waals surface area (Å²) in [5, 5.41) is 7.76. The van der Waals surface area contributed by atoms with Crippen LogP contribution in [0.15, 0.2) is 53.1 Å². The van der Waals surface area contributed by atoms with Crippen LogP contribution >= 0.6 is 0 Å². The van der Waals surface area contributed by atoms with E-state index in [0.717, 1.165) is 47.2 Å². The van der Waals surface area contributed by atoms with Gasteiger partial charge in [-0.25, -0.2) is 0 Å². The van der Waals surface area contributed by atoms with Crippen LogP contribution in [-0.2, 0) is 19.6 Å². The van der Waals surface area contributed by atoms with Gasteiger partial charge in [0.25, 0.3) is 0 Å². The van der Waals surface area contributed by atoms with E-state index in [1.165, 1.54) is 24.8 Å². The molecule has 6 heteroatoms. The third-order valence-corrected chi connectivity index (χ3v) is 6.13. The van der Waals surface area contributed by atoms with E-state index in [0.29, 0.717) is 18.6 Å². The van der Waals surface area contributed by atoms with Gasteiger partial charge in [0.15, 0.2) is 11.5 Å². The number of hydrogen-bond acceptors (Lipinski definition) is 6. The Balaban J connectivity index is 1.11.